The Morgan fingerprint density at radius 2 is 2.43 bits per heavy atom. The first kappa shape index (κ1) is 5.87. The van der Waals surface area contributed by atoms with Crippen molar-refractivity contribution in [3.05, 3.63) is 0 Å². The number of amidine groups is 1. The van der Waals surface area contributed by atoms with Crippen LogP contribution in [0.3, 0.4) is 0 Å². The van der Waals surface area contributed by atoms with E-state index in [2.05, 4.69) is 15.1 Å². The van der Waals surface area contributed by atoms with Crippen LogP contribution in [0.15, 0.2) is 10.3 Å². The zero-order chi connectivity index (χ0) is 5.70. The lowest BCUT2D eigenvalue weighted by Gasteiger charge is -1.88. The van der Waals surface area contributed by atoms with Crippen molar-refractivity contribution in [2.24, 2.45) is 16.1 Å². The minimum Gasteiger partial charge on any atom is -0.467 e. The van der Waals surface area contributed by atoms with Crippen LogP contribution in [-0.2, 0) is 4.74 Å². The van der Waals surface area contributed by atoms with Crippen LogP contribution in [0.2, 0.25) is 0 Å². The Hall–Kier alpha value is -1.13. The molecule has 7 heavy (non-hydrogen) atoms. The van der Waals surface area contributed by atoms with Gasteiger partial charge in [-0.2, -0.15) is 5.53 Å². The molecule has 0 heterocycles. The van der Waals surface area contributed by atoms with Crippen LogP contribution in [0.25, 0.3) is 0 Å². The summed E-state index contributed by atoms with van der Waals surface area (Å²) in [5.74, 6) is 0. The third-order valence-corrected chi connectivity index (χ3v) is 0.358. The number of nitrogens with one attached hydrogen (secondary N) is 1. The predicted molar refractivity (Wildman–Crippen MR) is 23.8 cm³/mol. The molecular weight excluding hydrogens is 96.0 g/mol. The second kappa shape index (κ2) is 3.08. The van der Waals surface area contributed by atoms with Gasteiger partial charge >= 0.3 is 6.02 Å². The third kappa shape index (κ3) is 2.68. The van der Waals surface area contributed by atoms with Crippen LogP contribution in [0, 0.1) is 5.53 Å². The molecule has 0 saturated heterocycles. The third-order valence-electron chi connectivity index (χ3n) is 0.358. The van der Waals surface area contributed by atoms with E-state index in [-0.39, 0.29) is 6.02 Å². The maximum Gasteiger partial charge on any atom is 0.307 e. The van der Waals surface area contributed by atoms with E-state index in [0.29, 0.717) is 0 Å². The maximum atomic E-state index is 6.11. The largest absolute Gasteiger partial charge is 0.467 e. The van der Waals surface area contributed by atoms with Crippen molar-refractivity contribution in [1.29, 1.82) is 5.53 Å². The Bertz CT molecular complexity index is 87.7. The molecule has 5 nitrogen and oxygen atoms in total. The van der Waals surface area contributed by atoms with Crippen molar-refractivity contribution in [2.45, 2.75) is 0 Å². The highest BCUT2D eigenvalue weighted by molar-refractivity contribution is 5.70. The number of methoxy groups -OCH3 is 1. The second-order valence-corrected chi connectivity index (χ2v) is 0.742. The summed E-state index contributed by atoms with van der Waals surface area (Å²) in [6.45, 7) is 0. The molecule has 40 valence electrons. The molecule has 0 saturated carbocycles. The van der Waals surface area contributed by atoms with Crippen molar-refractivity contribution in [1.82, 2.24) is 0 Å². The van der Waals surface area contributed by atoms with E-state index in [4.69, 9.17) is 11.3 Å². The molecule has 0 aliphatic heterocycles. The molecule has 5 heteroatoms. The highest BCUT2D eigenvalue weighted by atomic mass is 16.5. The van der Waals surface area contributed by atoms with Gasteiger partial charge in [-0.05, 0) is 5.22 Å². The first-order valence-corrected chi connectivity index (χ1v) is 1.55. The molecule has 0 spiro atoms. The van der Waals surface area contributed by atoms with Gasteiger partial charge in [-0.3, -0.25) is 0 Å². The summed E-state index contributed by atoms with van der Waals surface area (Å²) in [6.07, 6.45) is 0. The molecule has 0 atom stereocenters. The monoisotopic (exact) mass is 102 g/mol. The average molecular weight is 102 g/mol. The first-order valence-electron chi connectivity index (χ1n) is 1.55. The molecule has 0 aliphatic rings. The van der Waals surface area contributed by atoms with Gasteiger partial charge < -0.3 is 10.5 Å². The Balaban J connectivity index is 3.49. The number of hydrogen-bond acceptors (Lipinski definition) is 3. The van der Waals surface area contributed by atoms with E-state index < -0.39 is 0 Å². The Morgan fingerprint density at radius 3 is 2.57 bits per heavy atom. The molecule has 0 rings (SSSR count). The lowest BCUT2D eigenvalue weighted by molar-refractivity contribution is 0.394. The Labute approximate surface area is 40.7 Å². The minimum atomic E-state index is -0.102. The predicted octanol–water partition coefficient (Wildman–Crippen LogP) is -0.107. The molecule has 0 unspecified atom stereocenters. The normalized spacial score (nSPS) is 10.7. The van der Waals surface area contributed by atoms with Crippen molar-refractivity contribution in [3.8, 4) is 0 Å². The molecule has 0 aromatic rings. The summed E-state index contributed by atoms with van der Waals surface area (Å²) < 4.78 is 4.30. The van der Waals surface area contributed by atoms with Gasteiger partial charge in [-0.15, -0.1) is 0 Å². The van der Waals surface area contributed by atoms with Crippen LogP contribution in [0.5, 0.6) is 0 Å². The number of hydrogen-bond donors (Lipinski definition) is 2. The second-order valence-electron chi connectivity index (χ2n) is 0.742. The SMILES string of the molecule is CO/C(N)=N\N=N. The van der Waals surface area contributed by atoms with Gasteiger partial charge in [0.25, 0.3) is 0 Å². The van der Waals surface area contributed by atoms with E-state index >= 15 is 0 Å². The molecule has 0 aromatic heterocycles. The van der Waals surface area contributed by atoms with Gasteiger partial charge in [0.15, 0.2) is 0 Å². The summed E-state index contributed by atoms with van der Waals surface area (Å²) in [7, 11) is 1.35. The lowest BCUT2D eigenvalue weighted by Crippen LogP contribution is -2.12. The highest BCUT2D eigenvalue weighted by Gasteiger charge is 1.79. The van der Waals surface area contributed by atoms with E-state index in [1.165, 1.54) is 7.11 Å². The van der Waals surface area contributed by atoms with Crippen molar-refractivity contribution < 1.29 is 4.74 Å². The van der Waals surface area contributed by atoms with E-state index in [0.717, 1.165) is 0 Å². The molecular formula is C2H6N4O. The summed E-state index contributed by atoms with van der Waals surface area (Å²) in [6, 6.07) is -0.102. The molecule has 3 N–H and O–H groups in total. The average Bonchev–Trinajstić information content (AvgIpc) is 1.68. The van der Waals surface area contributed by atoms with Crippen LogP contribution in [0.1, 0.15) is 0 Å². The topological polar surface area (TPSA) is 83.8 Å². The highest BCUT2D eigenvalue weighted by Crippen LogP contribution is 1.68. The Morgan fingerprint density at radius 1 is 1.86 bits per heavy atom. The van der Waals surface area contributed by atoms with Crippen molar-refractivity contribution in [2.75, 3.05) is 7.11 Å². The fourth-order valence-electron chi connectivity index (χ4n) is 0.0901. The van der Waals surface area contributed by atoms with Crippen molar-refractivity contribution >= 4 is 6.02 Å². The van der Waals surface area contributed by atoms with E-state index in [1.54, 1.807) is 0 Å². The number of nitrogens with two attached hydrogens (primary N) is 1. The zero-order valence-corrected chi connectivity index (χ0v) is 3.88. The van der Waals surface area contributed by atoms with E-state index in [9.17, 15) is 0 Å². The van der Waals surface area contributed by atoms with E-state index in [1.807, 2.05) is 0 Å². The van der Waals surface area contributed by atoms with Gasteiger partial charge in [0.05, 0.1) is 7.11 Å². The molecule has 0 aliphatic carbocycles. The number of ether oxygens (including phenoxy) is 1. The summed E-state index contributed by atoms with van der Waals surface area (Å²) in [5.41, 5.74) is 11.0. The molecule has 0 radical (unpaired) electrons. The standard InChI is InChI=1S/C2H6N4O/c1-7-2(3)5-6-4/h1H3,(H3,3,4,5). The van der Waals surface area contributed by atoms with Gasteiger partial charge in [0.2, 0.25) is 0 Å². The maximum absolute atomic E-state index is 6.11. The molecule has 0 bridgehead atoms. The summed E-state index contributed by atoms with van der Waals surface area (Å²) in [4.78, 5) is 0. The summed E-state index contributed by atoms with van der Waals surface area (Å²) >= 11 is 0. The van der Waals surface area contributed by atoms with Gasteiger partial charge in [-0.25, -0.2) is 0 Å². The van der Waals surface area contributed by atoms with Crippen LogP contribution < -0.4 is 5.73 Å². The Kier molecular flexibility index (Phi) is 2.58. The fraction of sp³-hybridized carbons (Fsp3) is 0.500. The lowest BCUT2D eigenvalue weighted by atomic mass is 11.2. The van der Waals surface area contributed by atoms with Crippen LogP contribution in [0.4, 0.5) is 0 Å². The van der Waals surface area contributed by atoms with Gasteiger partial charge in [0, 0.05) is 0 Å². The first-order chi connectivity index (χ1) is 3.31. The minimum absolute atomic E-state index is 0.102. The fourth-order valence-corrected chi connectivity index (χ4v) is 0.0901. The molecule has 0 amide bonds. The quantitative estimate of drug-likeness (QED) is 0.209. The molecule has 0 aromatic carbocycles. The van der Waals surface area contributed by atoms with Gasteiger partial charge in [-0.1, -0.05) is 5.10 Å². The summed E-state index contributed by atoms with van der Waals surface area (Å²) in [5, 5.41) is 5.60. The van der Waals surface area contributed by atoms with Crippen molar-refractivity contribution in [3.63, 3.8) is 0 Å². The van der Waals surface area contributed by atoms with Crippen LogP contribution >= 0.6 is 0 Å². The number of rotatable bonds is 1. The number of nitrogens with zero attached hydrogens (tertiary/aromatic N) is 2. The smallest absolute Gasteiger partial charge is 0.307 e. The zero-order valence-electron chi connectivity index (χ0n) is 3.88. The van der Waals surface area contributed by atoms with Crippen LogP contribution in [-0.4, -0.2) is 13.1 Å². The van der Waals surface area contributed by atoms with Gasteiger partial charge in [0.1, 0.15) is 0 Å². The molecule has 0 fully saturated rings.